The number of rotatable bonds is 6. The fourth-order valence-electron chi connectivity index (χ4n) is 2.56. The molecule has 1 fully saturated rings. The summed E-state index contributed by atoms with van der Waals surface area (Å²) < 4.78 is 78.7. The van der Waals surface area contributed by atoms with Crippen molar-refractivity contribution in [3.63, 3.8) is 0 Å². The van der Waals surface area contributed by atoms with E-state index in [1.54, 1.807) is 0 Å². The molecule has 0 amide bonds. The summed E-state index contributed by atoms with van der Waals surface area (Å²) in [5.74, 6) is -2.59. The molecule has 1 N–H and O–H groups in total. The standard InChI is InChI=1S/C14H18F2N2O4S2/c1-2-23(19,20)17-9-11-5-4-8-18(10-11)24(21,22)14-12(15)6-3-7-13(14)16/h2-3,6-7,11,17H,1,4-5,8-10H2/t11-/m1/s1. The lowest BCUT2D eigenvalue weighted by Crippen LogP contribution is -2.43. The lowest BCUT2D eigenvalue weighted by atomic mass is 10.0. The number of hydrogen-bond donors (Lipinski definition) is 1. The SMILES string of the molecule is C=CS(=O)(=O)NC[C@H]1CCCN(S(=O)(=O)c2c(F)cccc2F)C1. The van der Waals surface area contributed by atoms with E-state index >= 15 is 0 Å². The van der Waals surface area contributed by atoms with Crippen LogP contribution in [-0.4, -0.2) is 40.8 Å². The second kappa shape index (κ2) is 7.26. The summed E-state index contributed by atoms with van der Waals surface area (Å²) in [6.07, 6.45) is 1.07. The van der Waals surface area contributed by atoms with Gasteiger partial charge in [0.15, 0.2) is 4.90 Å². The molecular formula is C14H18F2N2O4S2. The molecule has 1 atom stereocenters. The Morgan fingerprint density at radius 3 is 2.46 bits per heavy atom. The molecule has 2 rings (SSSR count). The molecule has 1 heterocycles. The lowest BCUT2D eigenvalue weighted by molar-refractivity contribution is 0.266. The minimum atomic E-state index is -4.33. The highest BCUT2D eigenvalue weighted by molar-refractivity contribution is 7.92. The third-order valence-electron chi connectivity index (χ3n) is 3.79. The normalized spacial score (nSPS) is 20.0. The number of halogens is 2. The maximum atomic E-state index is 13.8. The van der Waals surface area contributed by atoms with Gasteiger partial charge in [0.2, 0.25) is 20.0 Å². The van der Waals surface area contributed by atoms with Crippen molar-refractivity contribution < 1.29 is 25.6 Å². The molecule has 0 spiro atoms. The van der Waals surface area contributed by atoms with Gasteiger partial charge < -0.3 is 0 Å². The molecule has 0 bridgehead atoms. The number of nitrogens with zero attached hydrogens (tertiary/aromatic N) is 1. The van der Waals surface area contributed by atoms with E-state index in [2.05, 4.69) is 11.3 Å². The van der Waals surface area contributed by atoms with Crippen LogP contribution in [0.1, 0.15) is 12.8 Å². The zero-order valence-corrected chi connectivity index (χ0v) is 14.4. The molecule has 1 aromatic rings. The highest BCUT2D eigenvalue weighted by Gasteiger charge is 2.34. The van der Waals surface area contributed by atoms with Crippen molar-refractivity contribution in [2.24, 2.45) is 5.92 Å². The van der Waals surface area contributed by atoms with Crippen molar-refractivity contribution in [3.8, 4) is 0 Å². The first kappa shape index (κ1) is 19.0. The number of hydrogen-bond acceptors (Lipinski definition) is 4. The topological polar surface area (TPSA) is 83.6 Å². The predicted octanol–water partition coefficient (Wildman–Crippen LogP) is 1.43. The number of benzene rings is 1. The monoisotopic (exact) mass is 380 g/mol. The number of sulfonamides is 2. The average Bonchev–Trinajstić information content (AvgIpc) is 2.53. The van der Waals surface area contributed by atoms with E-state index in [0.29, 0.717) is 12.8 Å². The molecule has 1 aromatic carbocycles. The highest BCUT2D eigenvalue weighted by atomic mass is 32.2. The van der Waals surface area contributed by atoms with Crippen LogP contribution >= 0.6 is 0 Å². The minimum Gasteiger partial charge on any atom is -0.211 e. The van der Waals surface area contributed by atoms with Crippen LogP contribution in [0.25, 0.3) is 0 Å². The first-order valence-corrected chi connectivity index (χ1v) is 10.2. The van der Waals surface area contributed by atoms with Crippen LogP contribution in [0.3, 0.4) is 0 Å². The zero-order valence-electron chi connectivity index (χ0n) is 12.8. The van der Waals surface area contributed by atoms with Crippen molar-refractivity contribution in [2.75, 3.05) is 19.6 Å². The van der Waals surface area contributed by atoms with Gasteiger partial charge in [-0.3, -0.25) is 0 Å². The van der Waals surface area contributed by atoms with Crippen molar-refractivity contribution in [1.29, 1.82) is 0 Å². The van der Waals surface area contributed by atoms with Gasteiger partial charge in [-0.2, -0.15) is 4.31 Å². The van der Waals surface area contributed by atoms with E-state index in [1.807, 2.05) is 0 Å². The molecule has 0 saturated carbocycles. The van der Waals surface area contributed by atoms with E-state index in [4.69, 9.17) is 0 Å². The fraction of sp³-hybridized carbons (Fsp3) is 0.429. The summed E-state index contributed by atoms with van der Waals surface area (Å²) in [6.45, 7) is 3.30. The fourth-order valence-corrected chi connectivity index (χ4v) is 4.81. The second-order valence-electron chi connectivity index (χ2n) is 5.48. The number of piperidine rings is 1. The predicted molar refractivity (Wildman–Crippen MR) is 85.0 cm³/mol. The molecule has 0 aliphatic carbocycles. The quantitative estimate of drug-likeness (QED) is 0.809. The molecule has 1 saturated heterocycles. The van der Waals surface area contributed by atoms with E-state index in [0.717, 1.165) is 27.9 Å². The molecule has 24 heavy (non-hydrogen) atoms. The van der Waals surface area contributed by atoms with Crippen molar-refractivity contribution >= 4 is 20.0 Å². The Labute approximate surface area is 140 Å². The van der Waals surface area contributed by atoms with Crippen LogP contribution in [0.4, 0.5) is 8.78 Å². The Bertz CT molecular complexity index is 805. The van der Waals surface area contributed by atoms with Crippen LogP contribution in [0.5, 0.6) is 0 Å². The summed E-state index contributed by atoms with van der Waals surface area (Å²) in [5, 5.41) is 0.763. The molecule has 134 valence electrons. The van der Waals surface area contributed by atoms with Crippen LogP contribution in [0.2, 0.25) is 0 Å². The Kier molecular flexibility index (Phi) is 5.74. The Morgan fingerprint density at radius 2 is 1.88 bits per heavy atom. The summed E-state index contributed by atoms with van der Waals surface area (Å²) in [7, 11) is -7.94. The van der Waals surface area contributed by atoms with Crippen molar-refractivity contribution in [1.82, 2.24) is 9.03 Å². The number of nitrogens with one attached hydrogen (secondary N) is 1. The third kappa shape index (κ3) is 4.18. The van der Waals surface area contributed by atoms with Crippen LogP contribution < -0.4 is 4.72 Å². The van der Waals surface area contributed by atoms with Crippen molar-refractivity contribution in [3.05, 3.63) is 41.8 Å². The van der Waals surface area contributed by atoms with Gasteiger partial charge in [-0.05, 0) is 30.9 Å². The molecular weight excluding hydrogens is 362 g/mol. The second-order valence-corrected chi connectivity index (χ2v) is 9.07. The van der Waals surface area contributed by atoms with Gasteiger partial charge in [0.1, 0.15) is 11.6 Å². The molecule has 0 aromatic heterocycles. The summed E-state index contributed by atoms with van der Waals surface area (Å²) in [6, 6.07) is 2.86. The maximum absolute atomic E-state index is 13.8. The maximum Gasteiger partial charge on any atom is 0.248 e. The first-order chi connectivity index (χ1) is 11.2. The van der Waals surface area contributed by atoms with E-state index in [-0.39, 0.29) is 25.6 Å². The summed E-state index contributed by atoms with van der Waals surface area (Å²) in [5.41, 5.74) is 0. The smallest absolute Gasteiger partial charge is 0.211 e. The van der Waals surface area contributed by atoms with E-state index in [1.165, 1.54) is 0 Å². The Balaban J connectivity index is 2.18. The van der Waals surface area contributed by atoms with Gasteiger partial charge in [0, 0.05) is 25.0 Å². The van der Waals surface area contributed by atoms with E-state index in [9.17, 15) is 25.6 Å². The first-order valence-electron chi connectivity index (χ1n) is 7.23. The third-order valence-corrected chi connectivity index (χ3v) is 6.72. The van der Waals surface area contributed by atoms with Crippen LogP contribution in [-0.2, 0) is 20.0 Å². The highest BCUT2D eigenvalue weighted by Crippen LogP contribution is 2.27. The van der Waals surface area contributed by atoms with Crippen LogP contribution in [0.15, 0.2) is 35.1 Å². The molecule has 10 heteroatoms. The Morgan fingerprint density at radius 1 is 1.25 bits per heavy atom. The van der Waals surface area contributed by atoms with Gasteiger partial charge in [0.05, 0.1) is 0 Å². The van der Waals surface area contributed by atoms with Gasteiger partial charge in [-0.25, -0.2) is 30.3 Å². The van der Waals surface area contributed by atoms with Crippen molar-refractivity contribution in [2.45, 2.75) is 17.7 Å². The molecule has 0 radical (unpaired) electrons. The zero-order chi connectivity index (χ0) is 18.0. The van der Waals surface area contributed by atoms with Gasteiger partial charge >= 0.3 is 0 Å². The lowest BCUT2D eigenvalue weighted by Gasteiger charge is -2.32. The molecule has 0 unspecified atom stereocenters. The largest absolute Gasteiger partial charge is 0.248 e. The van der Waals surface area contributed by atoms with Crippen LogP contribution in [0, 0.1) is 17.6 Å². The molecule has 1 aliphatic rings. The summed E-state index contributed by atoms with van der Waals surface area (Å²) >= 11 is 0. The van der Waals surface area contributed by atoms with Gasteiger partial charge in [-0.15, -0.1) is 0 Å². The van der Waals surface area contributed by atoms with Gasteiger partial charge in [0.25, 0.3) is 0 Å². The minimum absolute atomic E-state index is 0.0181. The molecule has 6 nitrogen and oxygen atoms in total. The van der Waals surface area contributed by atoms with E-state index < -0.39 is 36.6 Å². The summed E-state index contributed by atoms with van der Waals surface area (Å²) in [4.78, 5) is -0.975. The van der Waals surface area contributed by atoms with Gasteiger partial charge in [-0.1, -0.05) is 12.6 Å². The Hall–Kier alpha value is -1.36. The average molecular weight is 380 g/mol. The molecule has 1 aliphatic heterocycles.